The first-order valence-electron chi connectivity index (χ1n) is 6.02. The van der Waals surface area contributed by atoms with Crippen LogP contribution in [0.5, 0.6) is 0 Å². The van der Waals surface area contributed by atoms with E-state index in [0.29, 0.717) is 6.04 Å². The first kappa shape index (κ1) is 11.9. The van der Waals surface area contributed by atoms with Crippen LogP contribution in [0.1, 0.15) is 24.2 Å². The van der Waals surface area contributed by atoms with Gasteiger partial charge in [0.25, 0.3) is 0 Å². The van der Waals surface area contributed by atoms with Gasteiger partial charge in [-0.05, 0) is 18.6 Å². The second-order valence-electron chi connectivity index (χ2n) is 4.32. The summed E-state index contributed by atoms with van der Waals surface area (Å²) >= 11 is 0. The summed E-state index contributed by atoms with van der Waals surface area (Å²) in [6, 6.07) is 13.0. The van der Waals surface area contributed by atoms with Gasteiger partial charge in [-0.3, -0.25) is 4.68 Å². The van der Waals surface area contributed by atoms with Gasteiger partial charge >= 0.3 is 0 Å². The van der Waals surface area contributed by atoms with Gasteiger partial charge in [0, 0.05) is 32.3 Å². The second-order valence-corrected chi connectivity index (χ2v) is 4.32. The first-order chi connectivity index (χ1) is 8.25. The number of aromatic nitrogens is 2. The lowest BCUT2D eigenvalue weighted by Gasteiger charge is -2.13. The Hall–Kier alpha value is -1.61. The molecule has 0 aliphatic heterocycles. The van der Waals surface area contributed by atoms with Gasteiger partial charge in [-0.25, -0.2) is 0 Å². The van der Waals surface area contributed by atoms with Crippen molar-refractivity contribution in [2.24, 2.45) is 7.05 Å². The van der Waals surface area contributed by atoms with E-state index in [1.807, 2.05) is 24.0 Å². The van der Waals surface area contributed by atoms with Gasteiger partial charge in [0.2, 0.25) is 0 Å². The van der Waals surface area contributed by atoms with Crippen molar-refractivity contribution >= 4 is 0 Å². The predicted molar refractivity (Wildman–Crippen MR) is 69.8 cm³/mol. The maximum atomic E-state index is 4.36. The molecule has 0 amide bonds. The quantitative estimate of drug-likeness (QED) is 0.852. The molecule has 1 unspecified atom stereocenters. The second kappa shape index (κ2) is 5.64. The third-order valence-electron chi connectivity index (χ3n) is 2.90. The van der Waals surface area contributed by atoms with Crippen molar-refractivity contribution in [2.45, 2.75) is 19.4 Å². The van der Waals surface area contributed by atoms with Crippen molar-refractivity contribution < 1.29 is 0 Å². The SMILES string of the molecule is CC(NCCc1ccn(C)n1)c1ccccc1. The number of hydrogen-bond acceptors (Lipinski definition) is 2. The lowest BCUT2D eigenvalue weighted by Crippen LogP contribution is -2.21. The van der Waals surface area contributed by atoms with Crippen molar-refractivity contribution in [3.63, 3.8) is 0 Å². The maximum absolute atomic E-state index is 4.36. The Morgan fingerprint density at radius 2 is 2.00 bits per heavy atom. The Balaban J connectivity index is 1.79. The van der Waals surface area contributed by atoms with E-state index >= 15 is 0 Å². The number of hydrogen-bond donors (Lipinski definition) is 1. The highest BCUT2D eigenvalue weighted by molar-refractivity contribution is 5.18. The lowest BCUT2D eigenvalue weighted by atomic mass is 10.1. The molecule has 0 saturated carbocycles. The van der Waals surface area contributed by atoms with E-state index in [4.69, 9.17) is 0 Å². The molecule has 1 N–H and O–H groups in total. The van der Waals surface area contributed by atoms with Crippen LogP contribution in [0.4, 0.5) is 0 Å². The smallest absolute Gasteiger partial charge is 0.0637 e. The van der Waals surface area contributed by atoms with E-state index < -0.39 is 0 Å². The molecule has 17 heavy (non-hydrogen) atoms. The minimum absolute atomic E-state index is 0.389. The summed E-state index contributed by atoms with van der Waals surface area (Å²) in [5.74, 6) is 0. The van der Waals surface area contributed by atoms with Crippen molar-refractivity contribution in [2.75, 3.05) is 6.54 Å². The van der Waals surface area contributed by atoms with Crippen molar-refractivity contribution in [3.05, 3.63) is 53.9 Å². The summed E-state index contributed by atoms with van der Waals surface area (Å²) in [5.41, 5.74) is 2.47. The van der Waals surface area contributed by atoms with Crippen LogP contribution in [0.15, 0.2) is 42.6 Å². The van der Waals surface area contributed by atoms with Gasteiger partial charge in [-0.15, -0.1) is 0 Å². The average Bonchev–Trinajstić information content (AvgIpc) is 2.76. The van der Waals surface area contributed by atoms with E-state index in [1.165, 1.54) is 5.56 Å². The van der Waals surface area contributed by atoms with Crippen LogP contribution in [0.3, 0.4) is 0 Å². The fourth-order valence-electron chi connectivity index (χ4n) is 1.87. The molecule has 0 aliphatic carbocycles. The largest absolute Gasteiger partial charge is 0.310 e. The highest BCUT2D eigenvalue weighted by Crippen LogP contribution is 2.10. The molecule has 0 radical (unpaired) electrons. The molecule has 1 aromatic carbocycles. The number of aryl methyl sites for hydroxylation is 1. The van der Waals surface area contributed by atoms with Gasteiger partial charge in [-0.2, -0.15) is 5.10 Å². The standard InChI is InChI=1S/C14H19N3/c1-12(13-6-4-3-5-7-13)15-10-8-14-9-11-17(2)16-14/h3-7,9,11-12,15H,8,10H2,1-2H3. The highest BCUT2D eigenvalue weighted by atomic mass is 15.2. The molecule has 90 valence electrons. The van der Waals surface area contributed by atoms with Gasteiger partial charge in [0.15, 0.2) is 0 Å². The zero-order valence-corrected chi connectivity index (χ0v) is 10.4. The molecule has 3 nitrogen and oxygen atoms in total. The Kier molecular flexibility index (Phi) is 3.94. The monoisotopic (exact) mass is 229 g/mol. The molecule has 1 aromatic heterocycles. The maximum Gasteiger partial charge on any atom is 0.0637 e. The Labute approximate surface area is 102 Å². The molecule has 0 fully saturated rings. The molecule has 1 atom stereocenters. The normalized spacial score (nSPS) is 12.6. The highest BCUT2D eigenvalue weighted by Gasteiger charge is 2.03. The topological polar surface area (TPSA) is 29.9 Å². The number of rotatable bonds is 5. The Bertz CT molecular complexity index is 448. The molecule has 2 aromatic rings. The van der Waals surface area contributed by atoms with Gasteiger partial charge in [-0.1, -0.05) is 30.3 Å². The molecule has 0 bridgehead atoms. The van der Waals surface area contributed by atoms with Crippen LogP contribution in [-0.4, -0.2) is 16.3 Å². The summed E-state index contributed by atoms with van der Waals surface area (Å²) in [5, 5.41) is 7.86. The predicted octanol–water partition coefficient (Wildman–Crippen LogP) is 2.31. The van der Waals surface area contributed by atoms with Crippen LogP contribution in [0.2, 0.25) is 0 Å². The summed E-state index contributed by atoms with van der Waals surface area (Å²) in [6.45, 7) is 3.14. The third kappa shape index (κ3) is 3.43. The Morgan fingerprint density at radius 1 is 1.24 bits per heavy atom. The van der Waals surface area contributed by atoms with Crippen LogP contribution < -0.4 is 5.32 Å². The summed E-state index contributed by atoms with van der Waals surface area (Å²) < 4.78 is 1.84. The lowest BCUT2D eigenvalue weighted by molar-refractivity contribution is 0.571. The molecule has 0 spiro atoms. The fraction of sp³-hybridized carbons (Fsp3) is 0.357. The molecular formula is C14H19N3. The zero-order chi connectivity index (χ0) is 12.1. The molecule has 0 aliphatic rings. The minimum Gasteiger partial charge on any atom is -0.310 e. The van der Waals surface area contributed by atoms with Crippen LogP contribution >= 0.6 is 0 Å². The number of nitrogens with zero attached hydrogens (tertiary/aromatic N) is 2. The van der Waals surface area contributed by atoms with Gasteiger partial charge in [0.1, 0.15) is 0 Å². The van der Waals surface area contributed by atoms with Crippen molar-refractivity contribution in [3.8, 4) is 0 Å². The summed E-state index contributed by atoms with van der Waals surface area (Å²) in [6.07, 6.45) is 2.95. The van der Waals surface area contributed by atoms with Crippen LogP contribution in [0.25, 0.3) is 0 Å². The molecule has 3 heteroatoms. The molecular weight excluding hydrogens is 210 g/mol. The summed E-state index contributed by atoms with van der Waals surface area (Å²) in [4.78, 5) is 0. The van der Waals surface area contributed by atoms with Gasteiger partial charge in [0.05, 0.1) is 5.69 Å². The molecule has 2 rings (SSSR count). The summed E-state index contributed by atoms with van der Waals surface area (Å²) in [7, 11) is 1.95. The minimum atomic E-state index is 0.389. The van der Waals surface area contributed by atoms with E-state index in [9.17, 15) is 0 Å². The van der Waals surface area contributed by atoms with E-state index in [0.717, 1.165) is 18.7 Å². The van der Waals surface area contributed by atoms with E-state index in [-0.39, 0.29) is 0 Å². The van der Waals surface area contributed by atoms with Crippen LogP contribution in [-0.2, 0) is 13.5 Å². The zero-order valence-electron chi connectivity index (χ0n) is 10.4. The van der Waals surface area contributed by atoms with E-state index in [1.54, 1.807) is 0 Å². The fourth-order valence-corrected chi connectivity index (χ4v) is 1.87. The van der Waals surface area contributed by atoms with Crippen molar-refractivity contribution in [1.29, 1.82) is 0 Å². The van der Waals surface area contributed by atoms with Gasteiger partial charge < -0.3 is 5.32 Å². The third-order valence-corrected chi connectivity index (χ3v) is 2.90. The number of benzene rings is 1. The first-order valence-corrected chi connectivity index (χ1v) is 6.02. The Morgan fingerprint density at radius 3 is 2.65 bits per heavy atom. The number of nitrogens with one attached hydrogen (secondary N) is 1. The van der Waals surface area contributed by atoms with E-state index in [2.05, 4.69) is 47.7 Å². The average molecular weight is 229 g/mol. The molecule has 1 heterocycles. The molecule has 0 saturated heterocycles. The van der Waals surface area contributed by atoms with Crippen LogP contribution in [0, 0.1) is 0 Å². The van der Waals surface area contributed by atoms with Crippen molar-refractivity contribution in [1.82, 2.24) is 15.1 Å².